The highest BCUT2D eigenvalue weighted by atomic mass is 32.1. The molecule has 1 heterocycles. The summed E-state index contributed by atoms with van der Waals surface area (Å²) in [7, 11) is 0. The summed E-state index contributed by atoms with van der Waals surface area (Å²) in [6.07, 6.45) is 0.881. The van der Waals surface area contributed by atoms with Crippen molar-refractivity contribution in [1.29, 1.82) is 0 Å². The van der Waals surface area contributed by atoms with Crippen molar-refractivity contribution in [2.24, 2.45) is 17.6 Å². The van der Waals surface area contributed by atoms with Crippen LogP contribution in [0, 0.1) is 18.8 Å². The average Bonchev–Trinajstić information content (AvgIpc) is 2.56. The Morgan fingerprint density at radius 2 is 2.00 bits per heavy atom. The van der Waals surface area contributed by atoms with E-state index in [2.05, 4.69) is 24.1 Å². The van der Waals surface area contributed by atoms with Gasteiger partial charge >= 0.3 is 0 Å². The lowest BCUT2D eigenvalue weighted by Crippen LogP contribution is -2.34. The number of rotatable bonds is 5. The normalized spacial score (nSPS) is 14.6. The molecule has 1 aromatic rings. The second-order valence-electron chi connectivity index (χ2n) is 5.24. The lowest BCUT2D eigenvalue weighted by molar-refractivity contribution is -0.119. The summed E-state index contributed by atoms with van der Waals surface area (Å²) in [5, 5.41) is 4.81. The van der Waals surface area contributed by atoms with E-state index < -0.39 is 0 Å². The lowest BCUT2D eigenvalue weighted by Gasteiger charge is -2.15. The Morgan fingerprint density at radius 3 is 2.50 bits per heavy atom. The fourth-order valence-corrected chi connectivity index (χ4v) is 2.41. The zero-order chi connectivity index (χ0) is 13.9. The predicted molar refractivity (Wildman–Crippen MR) is 76.8 cm³/mol. The van der Waals surface area contributed by atoms with Crippen LogP contribution in [0.25, 0.3) is 0 Å². The average molecular weight is 269 g/mol. The maximum Gasteiger partial charge on any atom is 0.229 e. The molecule has 18 heavy (non-hydrogen) atoms. The van der Waals surface area contributed by atoms with Gasteiger partial charge in [-0.2, -0.15) is 0 Å². The number of nitrogens with two attached hydrogens (primary N) is 1. The summed E-state index contributed by atoms with van der Waals surface area (Å²) < 4.78 is 0. The van der Waals surface area contributed by atoms with Gasteiger partial charge in [0.2, 0.25) is 5.91 Å². The first kappa shape index (κ1) is 15.1. The van der Waals surface area contributed by atoms with Crippen LogP contribution in [0.5, 0.6) is 0 Å². The summed E-state index contributed by atoms with van der Waals surface area (Å²) in [6.45, 7) is 9.93. The van der Waals surface area contributed by atoms with E-state index in [1.807, 2.05) is 20.8 Å². The largest absolute Gasteiger partial charge is 0.327 e. The number of aryl methyl sites for hydroxylation is 1. The first-order chi connectivity index (χ1) is 8.31. The Hall–Kier alpha value is -0.940. The van der Waals surface area contributed by atoms with Crippen molar-refractivity contribution in [3.8, 4) is 0 Å². The summed E-state index contributed by atoms with van der Waals surface area (Å²) in [4.78, 5) is 16.5. The topological polar surface area (TPSA) is 68.0 Å². The van der Waals surface area contributed by atoms with Crippen molar-refractivity contribution in [2.75, 3.05) is 5.32 Å². The van der Waals surface area contributed by atoms with Gasteiger partial charge in [0.25, 0.3) is 0 Å². The molecule has 0 saturated heterocycles. The molecule has 0 radical (unpaired) electrons. The number of amides is 1. The first-order valence-electron chi connectivity index (χ1n) is 6.34. The van der Waals surface area contributed by atoms with Crippen LogP contribution in [-0.4, -0.2) is 16.9 Å². The third-order valence-electron chi connectivity index (χ3n) is 2.84. The Balaban J connectivity index is 2.80. The smallest absolute Gasteiger partial charge is 0.229 e. The fraction of sp³-hybridized carbons (Fsp3) is 0.692. The van der Waals surface area contributed by atoms with Crippen molar-refractivity contribution in [3.05, 3.63) is 10.7 Å². The van der Waals surface area contributed by atoms with Gasteiger partial charge in [-0.1, -0.05) is 20.8 Å². The molecule has 0 aromatic carbocycles. The number of thiazole rings is 1. The number of carbonyl (C=O) groups is 1. The van der Waals surface area contributed by atoms with E-state index in [0.717, 1.165) is 22.1 Å². The zero-order valence-corrected chi connectivity index (χ0v) is 12.6. The standard InChI is InChI=1S/C13H23N3OS/c1-7(2)6-11-13(18-10(5)15-11)16-12(17)8(3)9(4)14/h7-9H,6,14H2,1-5H3,(H,16,17). The fourth-order valence-electron chi connectivity index (χ4n) is 1.56. The highest BCUT2D eigenvalue weighted by Crippen LogP contribution is 2.26. The number of carbonyl (C=O) groups excluding carboxylic acids is 1. The highest BCUT2D eigenvalue weighted by Gasteiger charge is 2.20. The molecule has 3 N–H and O–H groups in total. The van der Waals surface area contributed by atoms with Gasteiger partial charge in [-0.05, 0) is 26.2 Å². The van der Waals surface area contributed by atoms with Crippen molar-refractivity contribution in [3.63, 3.8) is 0 Å². The molecular weight excluding hydrogens is 246 g/mol. The molecule has 102 valence electrons. The number of hydrogen-bond donors (Lipinski definition) is 2. The van der Waals surface area contributed by atoms with Gasteiger partial charge in [-0.15, -0.1) is 11.3 Å². The van der Waals surface area contributed by atoms with Gasteiger partial charge in [0.1, 0.15) is 5.00 Å². The monoisotopic (exact) mass is 269 g/mol. The molecular formula is C13H23N3OS. The zero-order valence-electron chi connectivity index (χ0n) is 11.8. The van der Waals surface area contributed by atoms with Crippen molar-refractivity contribution in [2.45, 2.75) is 47.1 Å². The van der Waals surface area contributed by atoms with E-state index in [-0.39, 0.29) is 17.9 Å². The summed E-state index contributed by atoms with van der Waals surface area (Å²) in [5.74, 6) is 0.297. The molecule has 0 bridgehead atoms. The van der Waals surface area contributed by atoms with E-state index in [4.69, 9.17) is 5.73 Å². The number of anilines is 1. The molecule has 1 aromatic heterocycles. The van der Waals surface area contributed by atoms with Gasteiger partial charge in [0.05, 0.1) is 16.6 Å². The maximum absolute atomic E-state index is 12.0. The molecule has 1 amide bonds. The Kier molecular flexibility index (Phi) is 5.28. The van der Waals surface area contributed by atoms with Gasteiger partial charge in [-0.25, -0.2) is 4.98 Å². The molecule has 4 nitrogen and oxygen atoms in total. The van der Waals surface area contributed by atoms with Gasteiger partial charge in [-0.3, -0.25) is 4.79 Å². The second kappa shape index (κ2) is 6.29. The molecule has 5 heteroatoms. The quantitative estimate of drug-likeness (QED) is 0.863. The molecule has 0 spiro atoms. The molecule has 0 aliphatic heterocycles. The van der Waals surface area contributed by atoms with E-state index in [9.17, 15) is 4.79 Å². The third-order valence-corrected chi connectivity index (χ3v) is 3.77. The predicted octanol–water partition coefficient (Wildman–Crippen LogP) is 2.57. The summed E-state index contributed by atoms with van der Waals surface area (Å²) >= 11 is 1.53. The van der Waals surface area contributed by atoms with Crippen molar-refractivity contribution >= 4 is 22.2 Å². The minimum Gasteiger partial charge on any atom is -0.327 e. The lowest BCUT2D eigenvalue weighted by atomic mass is 10.0. The van der Waals surface area contributed by atoms with Crippen LogP contribution in [0.2, 0.25) is 0 Å². The van der Waals surface area contributed by atoms with Crippen LogP contribution in [0.15, 0.2) is 0 Å². The highest BCUT2D eigenvalue weighted by molar-refractivity contribution is 7.16. The van der Waals surface area contributed by atoms with Crippen LogP contribution in [0.3, 0.4) is 0 Å². The van der Waals surface area contributed by atoms with Gasteiger partial charge in [0.15, 0.2) is 0 Å². The molecule has 1 rings (SSSR count). The van der Waals surface area contributed by atoms with Gasteiger partial charge < -0.3 is 11.1 Å². The molecule has 0 aliphatic carbocycles. The maximum atomic E-state index is 12.0. The van der Waals surface area contributed by atoms with Gasteiger partial charge in [0, 0.05) is 6.04 Å². The number of hydrogen-bond acceptors (Lipinski definition) is 4. The Labute approximate surface area is 113 Å². The van der Waals surface area contributed by atoms with Crippen LogP contribution in [0.4, 0.5) is 5.00 Å². The Bertz CT molecular complexity index is 412. The molecule has 0 saturated carbocycles. The van der Waals surface area contributed by atoms with Crippen LogP contribution < -0.4 is 11.1 Å². The number of aromatic nitrogens is 1. The van der Waals surface area contributed by atoms with Crippen molar-refractivity contribution in [1.82, 2.24) is 4.98 Å². The first-order valence-corrected chi connectivity index (χ1v) is 7.15. The van der Waals surface area contributed by atoms with Crippen molar-refractivity contribution < 1.29 is 4.79 Å². The number of nitrogens with one attached hydrogen (secondary N) is 1. The number of nitrogens with zero attached hydrogens (tertiary/aromatic N) is 1. The molecule has 0 fully saturated rings. The summed E-state index contributed by atoms with van der Waals surface area (Å²) in [6, 6.07) is -0.146. The molecule has 0 aliphatic rings. The van der Waals surface area contributed by atoms with Crippen LogP contribution in [-0.2, 0) is 11.2 Å². The third kappa shape index (κ3) is 4.07. The van der Waals surface area contributed by atoms with Crippen LogP contribution in [0.1, 0.15) is 38.4 Å². The van der Waals surface area contributed by atoms with E-state index >= 15 is 0 Å². The minimum absolute atomic E-state index is 0.0290. The Morgan fingerprint density at radius 1 is 1.39 bits per heavy atom. The minimum atomic E-state index is -0.195. The van der Waals surface area contributed by atoms with E-state index in [1.165, 1.54) is 11.3 Å². The van der Waals surface area contributed by atoms with Crippen LogP contribution >= 0.6 is 11.3 Å². The molecule has 2 unspecified atom stereocenters. The molecule has 2 atom stereocenters. The second-order valence-corrected chi connectivity index (χ2v) is 6.45. The van der Waals surface area contributed by atoms with E-state index in [1.54, 1.807) is 0 Å². The van der Waals surface area contributed by atoms with E-state index in [0.29, 0.717) is 5.92 Å². The SMILES string of the molecule is Cc1nc(CC(C)C)c(NC(=O)C(C)C(C)N)s1. The summed E-state index contributed by atoms with van der Waals surface area (Å²) in [5.41, 5.74) is 6.73.